The Labute approximate surface area is 154 Å². The summed E-state index contributed by atoms with van der Waals surface area (Å²) in [5.74, 6) is -1.06. The number of carbonyl (C=O) groups excluding carboxylic acids is 1. The largest absolute Gasteiger partial charge is 0.484 e. The smallest absolute Gasteiger partial charge is 0.336 e. The Morgan fingerprint density at radius 1 is 1.07 bits per heavy atom. The Hall–Kier alpha value is -3.61. The first-order valence-corrected chi connectivity index (χ1v) is 8.27. The van der Waals surface area contributed by atoms with E-state index in [1.807, 2.05) is 30.3 Å². The van der Waals surface area contributed by atoms with E-state index in [0.29, 0.717) is 11.3 Å². The van der Waals surface area contributed by atoms with Crippen molar-refractivity contribution >= 4 is 22.8 Å². The van der Waals surface area contributed by atoms with E-state index in [1.54, 1.807) is 18.2 Å². The minimum atomic E-state index is -0.991. The van der Waals surface area contributed by atoms with Crippen LogP contribution in [0.2, 0.25) is 0 Å². The highest BCUT2D eigenvalue weighted by atomic mass is 16.5. The summed E-state index contributed by atoms with van der Waals surface area (Å²) in [6, 6.07) is 15.9. The lowest BCUT2D eigenvalue weighted by Crippen LogP contribution is -2.30. The molecular weight excluding hydrogens is 350 g/mol. The van der Waals surface area contributed by atoms with E-state index in [2.05, 4.69) is 5.32 Å². The normalized spacial score (nSPS) is 10.5. The molecule has 0 bridgehead atoms. The van der Waals surface area contributed by atoms with Crippen molar-refractivity contribution < 1.29 is 23.8 Å². The second-order valence-corrected chi connectivity index (χ2v) is 5.79. The van der Waals surface area contributed by atoms with Gasteiger partial charge in [0.2, 0.25) is 0 Å². The van der Waals surface area contributed by atoms with E-state index in [4.69, 9.17) is 14.3 Å². The third kappa shape index (κ3) is 4.72. The first-order chi connectivity index (χ1) is 13.0. The van der Waals surface area contributed by atoms with Crippen molar-refractivity contribution in [3.05, 3.63) is 65.0 Å². The number of fused-ring (bicyclic) bond motifs is 1. The van der Waals surface area contributed by atoms with E-state index in [-0.39, 0.29) is 19.6 Å². The number of carboxylic acids is 1. The van der Waals surface area contributed by atoms with Gasteiger partial charge >= 0.3 is 11.6 Å². The molecular formula is C20H17NO6. The fraction of sp³-hybridized carbons (Fsp3) is 0.150. The molecule has 0 aliphatic rings. The Kier molecular flexibility index (Phi) is 5.51. The molecule has 2 N–H and O–H groups in total. The Morgan fingerprint density at radius 2 is 1.85 bits per heavy atom. The summed E-state index contributed by atoms with van der Waals surface area (Å²) in [4.78, 5) is 34.0. The fourth-order valence-electron chi connectivity index (χ4n) is 2.60. The maximum absolute atomic E-state index is 11.9. The van der Waals surface area contributed by atoms with Crippen LogP contribution in [0.25, 0.3) is 22.1 Å². The molecule has 3 aromatic rings. The monoisotopic (exact) mass is 367 g/mol. The molecule has 0 fully saturated rings. The summed E-state index contributed by atoms with van der Waals surface area (Å²) in [6.07, 6.45) is -0.158. The SMILES string of the molecule is O=C(O)CCNC(=O)COc1ccc2c(-c3ccccc3)cc(=O)oc2c1. The zero-order valence-electron chi connectivity index (χ0n) is 14.3. The number of nitrogens with one attached hydrogen (secondary N) is 1. The highest BCUT2D eigenvalue weighted by Crippen LogP contribution is 2.29. The summed E-state index contributed by atoms with van der Waals surface area (Å²) >= 11 is 0. The van der Waals surface area contributed by atoms with Crippen molar-refractivity contribution in [1.29, 1.82) is 0 Å². The first-order valence-electron chi connectivity index (χ1n) is 8.27. The molecule has 0 atom stereocenters. The number of carboxylic acid groups (broad SMARTS) is 1. The van der Waals surface area contributed by atoms with Gasteiger partial charge in [-0.15, -0.1) is 0 Å². The van der Waals surface area contributed by atoms with Gasteiger partial charge < -0.3 is 19.6 Å². The molecule has 0 unspecified atom stereocenters. The van der Waals surface area contributed by atoms with Gasteiger partial charge in [-0.3, -0.25) is 9.59 Å². The molecule has 0 aliphatic heterocycles. The number of ether oxygens (including phenoxy) is 1. The van der Waals surface area contributed by atoms with Crippen LogP contribution in [0.1, 0.15) is 6.42 Å². The van der Waals surface area contributed by atoms with Crippen molar-refractivity contribution in [2.24, 2.45) is 0 Å². The fourth-order valence-corrected chi connectivity index (χ4v) is 2.60. The van der Waals surface area contributed by atoms with Crippen LogP contribution in [0, 0.1) is 0 Å². The molecule has 0 saturated heterocycles. The lowest BCUT2D eigenvalue weighted by molar-refractivity contribution is -0.137. The summed E-state index contributed by atoms with van der Waals surface area (Å²) in [7, 11) is 0. The molecule has 2 aromatic carbocycles. The summed E-state index contributed by atoms with van der Waals surface area (Å²) in [5.41, 5.74) is 1.51. The molecule has 0 radical (unpaired) electrons. The van der Waals surface area contributed by atoms with Gasteiger partial charge in [0.1, 0.15) is 11.3 Å². The Morgan fingerprint density at radius 3 is 2.59 bits per heavy atom. The molecule has 1 heterocycles. The zero-order valence-corrected chi connectivity index (χ0v) is 14.3. The van der Waals surface area contributed by atoms with Gasteiger partial charge in [-0.2, -0.15) is 0 Å². The maximum Gasteiger partial charge on any atom is 0.336 e. The predicted octanol–water partition coefficient (Wildman–Crippen LogP) is 2.43. The molecule has 27 heavy (non-hydrogen) atoms. The van der Waals surface area contributed by atoms with E-state index in [9.17, 15) is 14.4 Å². The van der Waals surface area contributed by atoms with Crippen molar-refractivity contribution in [2.45, 2.75) is 6.42 Å². The standard InChI is InChI=1S/C20H17NO6/c22-18(21-9-8-19(23)24)12-26-14-6-7-15-16(13-4-2-1-3-5-13)11-20(25)27-17(15)10-14/h1-7,10-11H,8-9,12H2,(H,21,22)(H,23,24). The molecule has 1 aromatic heterocycles. The third-order valence-corrected chi connectivity index (χ3v) is 3.83. The van der Waals surface area contributed by atoms with E-state index >= 15 is 0 Å². The Balaban J connectivity index is 1.77. The average molecular weight is 367 g/mol. The summed E-state index contributed by atoms with van der Waals surface area (Å²) in [6.45, 7) is -0.238. The van der Waals surface area contributed by atoms with Crippen LogP contribution in [-0.4, -0.2) is 30.1 Å². The van der Waals surface area contributed by atoms with Crippen LogP contribution >= 0.6 is 0 Å². The van der Waals surface area contributed by atoms with Gasteiger partial charge in [-0.05, 0) is 23.3 Å². The highest BCUT2D eigenvalue weighted by Gasteiger charge is 2.10. The third-order valence-electron chi connectivity index (χ3n) is 3.83. The van der Waals surface area contributed by atoms with Gasteiger partial charge in [-0.25, -0.2) is 4.79 Å². The average Bonchev–Trinajstić information content (AvgIpc) is 2.65. The van der Waals surface area contributed by atoms with Gasteiger partial charge in [-0.1, -0.05) is 30.3 Å². The number of aliphatic carboxylic acids is 1. The number of amides is 1. The van der Waals surface area contributed by atoms with Crippen molar-refractivity contribution in [3.63, 3.8) is 0 Å². The van der Waals surface area contributed by atoms with Crippen LogP contribution in [0.4, 0.5) is 0 Å². The number of hydrogen-bond acceptors (Lipinski definition) is 5. The van der Waals surface area contributed by atoms with Gasteiger partial charge in [0.05, 0.1) is 6.42 Å². The number of hydrogen-bond donors (Lipinski definition) is 2. The van der Waals surface area contributed by atoms with Crippen molar-refractivity contribution in [1.82, 2.24) is 5.32 Å². The molecule has 138 valence electrons. The molecule has 1 amide bonds. The van der Waals surface area contributed by atoms with Crippen LogP contribution in [0.5, 0.6) is 5.75 Å². The lowest BCUT2D eigenvalue weighted by atomic mass is 10.0. The van der Waals surface area contributed by atoms with E-state index in [1.165, 1.54) is 6.07 Å². The van der Waals surface area contributed by atoms with Crippen molar-refractivity contribution in [2.75, 3.05) is 13.2 Å². The lowest BCUT2D eigenvalue weighted by Gasteiger charge is -2.09. The first kappa shape index (κ1) is 18.2. The van der Waals surface area contributed by atoms with Gasteiger partial charge in [0.25, 0.3) is 5.91 Å². The van der Waals surface area contributed by atoms with Crippen LogP contribution in [0.15, 0.2) is 63.8 Å². The summed E-state index contributed by atoms with van der Waals surface area (Å²) in [5, 5.41) is 11.7. The van der Waals surface area contributed by atoms with Crippen molar-refractivity contribution in [3.8, 4) is 16.9 Å². The molecule has 0 spiro atoms. The topological polar surface area (TPSA) is 106 Å². The van der Waals surface area contributed by atoms with Gasteiger partial charge in [0.15, 0.2) is 6.61 Å². The summed E-state index contributed by atoms with van der Waals surface area (Å²) < 4.78 is 10.7. The van der Waals surface area contributed by atoms with E-state index < -0.39 is 17.5 Å². The minimum Gasteiger partial charge on any atom is -0.484 e. The minimum absolute atomic E-state index is 0.0323. The molecule has 3 rings (SSSR count). The molecule has 7 nitrogen and oxygen atoms in total. The Bertz CT molecular complexity index is 1030. The number of carbonyl (C=O) groups is 2. The number of rotatable bonds is 7. The molecule has 0 aliphatic carbocycles. The van der Waals surface area contributed by atoms with Crippen LogP contribution in [-0.2, 0) is 9.59 Å². The zero-order chi connectivity index (χ0) is 19.2. The second-order valence-electron chi connectivity index (χ2n) is 5.79. The quantitative estimate of drug-likeness (QED) is 0.621. The predicted molar refractivity (Wildman–Crippen MR) is 98.7 cm³/mol. The molecule has 7 heteroatoms. The number of benzene rings is 2. The van der Waals surface area contributed by atoms with Gasteiger partial charge in [0, 0.05) is 24.1 Å². The molecule has 0 saturated carbocycles. The van der Waals surface area contributed by atoms with E-state index in [0.717, 1.165) is 16.5 Å². The maximum atomic E-state index is 11.9. The van der Waals surface area contributed by atoms with Crippen LogP contribution < -0.4 is 15.7 Å². The second kappa shape index (κ2) is 8.18. The van der Waals surface area contributed by atoms with Crippen LogP contribution in [0.3, 0.4) is 0 Å². The highest BCUT2D eigenvalue weighted by molar-refractivity contribution is 5.93.